The Morgan fingerprint density at radius 2 is 2.35 bits per heavy atom. The minimum absolute atomic E-state index is 0.146. The Hall–Kier alpha value is -0.430. The summed E-state index contributed by atoms with van der Waals surface area (Å²) < 4.78 is 11.3. The lowest BCUT2D eigenvalue weighted by atomic mass is 10.3. The predicted molar refractivity (Wildman–Crippen MR) is 71.2 cm³/mol. The first-order valence-corrected chi connectivity index (χ1v) is 7.01. The van der Waals surface area contributed by atoms with Crippen LogP contribution in [0.5, 0.6) is 0 Å². The normalized spacial score (nSPS) is 12.4. The number of carbonyl (C=O) groups is 1. The van der Waals surface area contributed by atoms with Gasteiger partial charge >= 0.3 is 0 Å². The number of thiophene rings is 1. The summed E-state index contributed by atoms with van der Waals surface area (Å²) in [6.45, 7) is 3.11. The van der Waals surface area contributed by atoms with E-state index in [1.54, 1.807) is 18.4 Å². The molecular formula is C11H16BrNO3S. The van der Waals surface area contributed by atoms with Gasteiger partial charge in [-0.25, -0.2) is 0 Å². The standard InChI is InChI=1S/C11H16BrNO3S/c1-3-16-10(5-15-2)11(14)13-4-8-6-17-7-9(8)12/h6-7,10H,3-5H2,1-2H3,(H,13,14). The Morgan fingerprint density at radius 3 is 2.88 bits per heavy atom. The first kappa shape index (κ1) is 14.6. The summed E-state index contributed by atoms with van der Waals surface area (Å²) >= 11 is 5.01. The van der Waals surface area contributed by atoms with Crippen LogP contribution in [-0.4, -0.2) is 32.3 Å². The lowest BCUT2D eigenvalue weighted by Crippen LogP contribution is -2.39. The number of halogens is 1. The molecular weight excluding hydrogens is 306 g/mol. The molecule has 0 radical (unpaired) electrons. The Balaban J connectivity index is 2.44. The number of nitrogens with one attached hydrogen (secondary N) is 1. The highest BCUT2D eigenvalue weighted by Crippen LogP contribution is 2.20. The monoisotopic (exact) mass is 321 g/mol. The molecule has 1 aromatic rings. The molecule has 0 saturated heterocycles. The van der Waals surface area contributed by atoms with Crippen molar-refractivity contribution in [3.63, 3.8) is 0 Å². The maximum atomic E-state index is 11.8. The molecule has 4 nitrogen and oxygen atoms in total. The van der Waals surface area contributed by atoms with Crippen LogP contribution in [0.25, 0.3) is 0 Å². The molecule has 0 saturated carbocycles. The van der Waals surface area contributed by atoms with E-state index in [-0.39, 0.29) is 12.5 Å². The molecule has 1 heterocycles. The number of rotatable bonds is 7. The quantitative estimate of drug-likeness (QED) is 0.837. The highest BCUT2D eigenvalue weighted by atomic mass is 79.9. The van der Waals surface area contributed by atoms with Crippen molar-refractivity contribution in [2.75, 3.05) is 20.3 Å². The fraction of sp³-hybridized carbons (Fsp3) is 0.545. The summed E-state index contributed by atoms with van der Waals surface area (Å²) in [5.41, 5.74) is 1.07. The SMILES string of the molecule is CCOC(COC)C(=O)NCc1cscc1Br. The van der Waals surface area contributed by atoms with Gasteiger partial charge in [0.05, 0.1) is 6.61 Å². The Kier molecular flexibility index (Phi) is 6.72. The molecule has 0 aliphatic carbocycles. The highest BCUT2D eigenvalue weighted by molar-refractivity contribution is 9.10. The zero-order chi connectivity index (χ0) is 12.7. The highest BCUT2D eigenvalue weighted by Gasteiger charge is 2.18. The zero-order valence-electron chi connectivity index (χ0n) is 9.86. The van der Waals surface area contributed by atoms with E-state index in [0.717, 1.165) is 10.0 Å². The van der Waals surface area contributed by atoms with E-state index >= 15 is 0 Å². The second-order valence-electron chi connectivity index (χ2n) is 3.36. The predicted octanol–water partition coefficient (Wildman–Crippen LogP) is 2.18. The van der Waals surface area contributed by atoms with Crippen LogP contribution in [0, 0.1) is 0 Å². The van der Waals surface area contributed by atoms with E-state index in [1.165, 1.54) is 0 Å². The van der Waals surface area contributed by atoms with Crippen LogP contribution in [0.2, 0.25) is 0 Å². The summed E-state index contributed by atoms with van der Waals surface area (Å²) in [5, 5.41) is 6.81. The minimum atomic E-state index is -0.539. The average molecular weight is 322 g/mol. The number of methoxy groups -OCH3 is 1. The van der Waals surface area contributed by atoms with Crippen LogP contribution in [0.4, 0.5) is 0 Å². The summed E-state index contributed by atoms with van der Waals surface area (Å²) in [4.78, 5) is 11.8. The lowest BCUT2D eigenvalue weighted by molar-refractivity contribution is -0.136. The molecule has 1 atom stereocenters. The molecule has 0 aliphatic rings. The number of amides is 1. The van der Waals surface area contributed by atoms with Gasteiger partial charge in [0.25, 0.3) is 5.91 Å². The van der Waals surface area contributed by atoms with Crippen LogP contribution in [-0.2, 0) is 20.8 Å². The number of hydrogen-bond acceptors (Lipinski definition) is 4. The Morgan fingerprint density at radius 1 is 1.59 bits per heavy atom. The van der Waals surface area contributed by atoms with Crippen LogP contribution >= 0.6 is 27.3 Å². The molecule has 96 valence electrons. The first-order chi connectivity index (χ1) is 8.19. The molecule has 0 spiro atoms. The third-order valence-electron chi connectivity index (χ3n) is 2.12. The van der Waals surface area contributed by atoms with Gasteiger partial charge in [0.15, 0.2) is 6.10 Å². The molecule has 0 aliphatic heterocycles. The Bertz CT molecular complexity index is 350. The largest absolute Gasteiger partial charge is 0.381 e. The first-order valence-electron chi connectivity index (χ1n) is 5.27. The van der Waals surface area contributed by atoms with Gasteiger partial charge in [0, 0.05) is 30.1 Å². The second-order valence-corrected chi connectivity index (χ2v) is 4.96. The van der Waals surface area contributed by atoms with Gasteiger partial charge in [-0.1, -0.05) is 0 Å². The maximum absolute atomic E-state index is 11.8. The summed E-state index contributed by atoms with van der Waals surface area (Å²) in [5.74, 6) is -0.146. The topological polar surface area (TPSA) is 47.6 Å². The smallest absolute Gasteiger partial charge is 0.251 e. The second kappa shape index (κ2) is 7.81. The van der Waals surface area contributed by atoms with Crippen LogP contribution in [0.3, 0.4) is 0 Å². The third kappa shape index (κ3) is 4.75. The van der Waals surface area contributed by atoms with Crippen molar-refractivity contribution in [1.29, 1.82) is 0 Å². The maximum Gasteiger partial charge on any atom is 0.251 e. The van der Waals surface area contributed by atoms with Gasteiger partial charge in [0.1, 0.15) is 0 Å². The zero-order valence-corrected chi connectivity index (χ0v) is 12.3. The van der Waals surface area contributed by atoms with E-state index < -0.39 is 6.10 Å². The van der Waals surface area contributed by atoms with Crippen molar-refractivity contribution in [2.24, 2.45) is 0 Å². The number of carbonyl (C=O) groups excluding carboxylic acids is 1. The third-order valence-corrected chi connectivity index (χ3v) is 3.95. The molecule has 1 N–H and O–H groups in total. The lowest BCUT2D eigenvalue weighted by Gasteiger charge is -2.15. The van der Waals surface area contributed by atoms with Gasteiger partial charge in [-0.3, -0.25) is 4.79 Å². The van der Waals surface area contributed by atoms with E-state index in [0.29, 0.717) is 13.2 Å². The van der Waals surface area contributed by atoms with Crippen molar-refractivity contribution >= 4 is 33.2 Å². The number of ether oxygens (including phenoxy) is 2. The van der Waals surface area contributed by atoms with Gasteiger partial charge in [-0.05, 0) is 33.8 Å². The van der Waals surface area contributed by atoms with E-state index in [9.17, 15) is 4.79 Å². The molecule has 1 amide bonds. The summed E-state index contributed by atoms with van der Waals surface area (Å²) in [6.07, 6.45) is -0.539. The van der Waals surface area contributed by atoms with Crippen molar-refractivity contribution < 1.29 is 14.3 Å². The molecule has 0 aromatic carbocycles. The fourth-order valence-corrected chi connectivity index (χ4v) is 2.73. The van der Waals surface area contributed by atoms with E-state index in [2.05, 4.69) is 21.2 Å². The molecule has 17 heavy (non-hydrogen) atoms. The van der Waals surface area contributed by atoms with Crippen molar-refractivity contribution in [3.05, 3.63) is 20.8 Å². The molecule has 1 unspecified atom stereocenters. The molecule has 0 bridgehead atoms. The van der Waals surface area contributed by atoms with Gasteiger partial charge in [-0.15, -0.1) is 0 Å². The van der Waals surface area contributed by atoms with Crippen molar-refractivity contribution in [2.45, 2.75) is 19.6 Å². The van der Waals surface area contributed by atoms with Gasteiger partial charge in [-0.2, -0.15) is 11.3 Å². The minimum Gasteiger partial charge on any atom is -0.381 e. The molecule has 0 fully saturated rings. The van der Waals surface area contributed by atoms with Crippen molar-refractivity contribution in [3.8, 4) is 0 Å². The molecule has 6 heteroatoms. The average Bonchev–Trinajstić information content (AvgIpc) is 2.71. The fourth-order valence-electron chi connectivity index (χ4n) is 1.28. The van der Waals surface area contributed by atoms with Crippen LogP contribution in [0.15, 0.2) is 15.2 Å². The Labute approximate surface area is 113 Å². The summed E-state index contributed by atoms with van der Waals surface area (Å²) in [7, 11) is 1.55. The van der Waals surface area contributed by atoms with Gasteiger partial charge in [0.2, 0.25) is 0 Å². The molecule has 1 rings (SSSR count). The van der Waals surface area contributed by atoms with Crippen LogP contribution < -0.4 is 5.32 Å². The van der Waals surface area contributed by atoms with E-state index in [4.69, 9.17) is 9.47 Å². The summed E-state index contributed by atoms with van der Waals surface area (Å²) in [6, 6.07) is 0. The van der Waals surface area contributed by atoms with E-state index in [1.807, 2.05) is 17.7 Å². The molecule has 1 aromatic heterocycles. The van der Waals surface area contributed by atoms with Crippen molar-refractivity contribution in [1.82, 2.24) is 5.32 Å². The van der Waals surface area contributed by atoms with Gasteiger partial charge < -0.3 is 14.8 Å². The van der Waals surface area contributed by atoms with Crippen LogP contribution in [0.1, 0.15) is 12.5 Å². The number of hydrogen-bond donors (Lipinski definition) is 1.